The van der Waals surface area contributed by atoms with E-state index >= 15 is 0 Å². The predicted octanol–water partition coefficient (Wildman–Crippen LogP) is 1.72. The lowest BCUT2D eigenvalue weighted by atomic mass is 9.93. The first-order valence-corrected chi connectivity index (χ1v) is 6.50. The van der Waals surface area contributed by atoms with Gasteiger partial charge in [0.1, 0.15) is 11.0 Å². The van der Waals surface area contributed by atoms with E-state index in [1.54, 1.807) is 22.9 Å². The maximum Gasteiger partial charge on any atom is 0.337 e. The molecule has 1 N–H and O–H groups in total. The monoisotopic (exact) mass is 276 g/mol. The molecule has 2 aromatic rings. The zero-order valence-corrected chi connectivity index (χ0v) is 12.3. The summed E-state index contributed by atoms with van der Waals surface area (Å²) in [5.74, 6) is -0.954. The normalized spacial score (nSPS) is 12.2. The number of aromatic carboxylic acids is 1. The van der Waals surface area contributed by atoms with Crippen molar-refractivity contribution in [1.29, 1.82) is 0 Å². The van der Waals surface area contributed by atoms with Gasteiger partial charge in [0.2, 0.25) is 0 Å². The third-order valence-corrected chi connectivity index (χ3v) is 3.09. The highest BCUT2D eigenvalue weighted by Gasteiger charge is 2.23. The van der Waals surface area contributed by atoms with Gasteiger partial charge in [-0.2, -0.15) is 0 Å². The Morgan fingerprint density at radius 2 is 2.10 bits per heavy atom. The molecule has 0 amide bonds. The van der Waals surface area contributed by atoms with E-state index in [2.05, 4.69) is 29.1 Å². The first-order chi connectivity index (χ1) is 9.30. The number of carboxylic acids is 1. The summed E-state index contributed by atoms with van der Waals surface area (Å²) >= 11 is 0. The van der Waals surface area contributed by atoms with Gasteiger partial charge < -0.3 is 10.0 Å². The van der Waals surface area contributed by atoms with Crippen LogP contribution in [-0.4, -0.2) is 51.6 Å². The van der Waals surface area contributed by atoms with E-state index in [1.165, 1.54) is 0 Å². The van der Waals surface area contributed by atoms with Crippen molar-refractivity contribution in [3.63, 3.8) is 0 Å². The fraction of sp³-hybridized carbons (Fsp3) is 0.500. The van der Waals surface area contributed by atoms with Crippen molar-refractivity contribution in [1.82, 2.24) is 19.9 Å². The van der Waals surface area contributed by atoms with Crippen molar-refractivity contribution in [3.05, 3.63) is 23.8 Å². The average Bonchev–Trinajstić information content (AvgIpc) is 2.69. The highest BCUT2D eigenvalue weighted by molar-refractivity contribution is 6.00. The molecule has 0 aliphatic rings. The minimum atomic E-state index is -0.954. The maximum atomic E-state index is 11.3. The van der Waals surface area contributed by atoms with Crippen LogP contribution in [0.15, 0.2) is 18.2 Å². The molecular weight excluding hydrogens is 256 g/mol. The smallest absolute Gasteiger partial charge is 0.337 e. The van der Waals surface area contributed by atoms with Gasteiger partial charge in [0.25, 0.3) is 0 Å². The quantitative estimate of drug-likeness (QED) is 0.900. The lowest BCUT2D eigenvalue weighted by Gasteiger charge is -2.28. The van der Waals surface area contributed by atoms with E-state index in [4.69, 9.17) is 0 Å². The van der Waals surface area contributed by atoms with Gasteiger partial charge in [-0.3, -0.25) is 0 Å². The highest BCUT2D eigenvalue weighted by atomic mass is 16.4. The summed E-state index contributed by atoms with van der Waals surface area (Å²) in [7, 11) is 4.04. The Balaban J connectivity index is 2.43. The Morgan fingerprint density at radius 3 is 2.70 bits per heavy atom. The fourth-order valence-corrected chi connectivity index (χ4v) is 2.62. The molecule has 2 rings (SSSR count). The fourth-order valence-electron chi connectivity index (χ4n) is 2.62. The van der Waals surface area contributed by atoms with Gasteiger partial charge in [0.15, 0.2) is 0 Å². The van der Waals surface area contributed by atoms with Crippen LogP contribution >= 0.6 is 0 Å². The zero-order chi connectivity index (χ0) is 14.9. The van der Waals surface area contributed by atoms with Crippen molar-refractivity contribution < 1.29 is 9.90 Å². The van der Waals surface area contributed by atoms with Gasteiger partial charge in [-0.05, 0) is 31.6 Å². The van der Waals surface area contributed by atoms with Crippen LogP contribution in [0.5, 0.6) is 0 Å². The van der Waals surface area contributed by atoms with Crippen LogP contribution in [0.3, 0.4) is 0 Å². The molecule has 0 bridgehead atoms. The number of carbonyl (C=O) groups is 1. The molecule has 0 saturated carbocycles. The second-order valence-electron chi connectivity index (χ2n) is 6.13. The summed E-state index contributed by atoms with van der Waals surface area (Å²) in [5.41, 5.74) is 1.42. The number of carboxylic acid groups (broad SMARTS) is 1. The number of hydrogen-bond donors (Lipinski definition) is 1. The number of nitrogens with zero attached hydrogens (tertiary/aromatic N) is 4. The molecule has 0 atom stereocenters. The van der Waals surface area contributed by atoms with Crippen LogP contribution in [-0.2, 0) is 6.54 Å². The van der Waals surface area contributed by atoms with Gasteiger partial charge in [-0.25, -0.2) is 9.48 Å². The molecule has 20 heavy (non-hydrogen) atoms. The summed E-state index contributed by atoms with van der Waals surface area (Å²) in [4.78, 5) is 13.4. The van der Waals surface area contributed by atoms with Gasteiger partial charge in [-0.1, -0.05) is 25.1 Å². The number of hydrogen-bond acceptors (Lipinski definition) is 4. The molecule has 6 nitrogen and oxygen atoms in total. The van der Waals surface area contributed by atoms with E-state index in [1.807, 2.05) is 14.1 Å². The Morgan fingerprint density at radius 1 is 1.40 bits per heavy atom. The first kappa shape index (κ1) is 14.5. The molecule has 1 aromatic carbocycles. The van der Waals surface area contributed by atoms with E-state index in [0.29, 0.717) is 17.6 Å². The topological polar surface area (TPSA) is 71.2 Å². The number of fused-ring (bicyclic) bond motifs is 1. The van der Waals surface area contributed by atoms with Gasteiger partial charge in [0, 0.05) is 13.1 Å². The van der Waals surface area contributed by atoms with Crippen molar-refractivity contribution in [3.8, 4) is 0 Å². The molecule has 6 heteroatoms. The van der Waals surface area contributed by atoms with Crippen molar-refractivity contribution in [2.45, 2.75) is 20.4 Å². The second-order valence-corrected chi connectivity index (χ2v) is 6.13. The number of para-hydroxylation sites is 1. The second kappa shape index (κ2) is 5.20. The van der Waals surface area contributed by atoms with Gasteiger partial charge in [-0.15, -0.1) is 5.10 Å². The summed E-state index contributed by atoms with van der Waals surface area (Å²) in [6, 6.07) is 5.06. The van der Waals surface area contributed by atoms with Crippen molar-refractivity contribution in [2.75, 3.05) is 20.6 Å². The third-order valence-electron chi connectivity index (χ3n) is 3.09. The minimum Gasteiger partial charge on any atom is -0.478 e. The van der Waals surface area contributed by atoms with Crippen LogP contribution in [0.1, 0.15) is 24.2 Å². The third kappa shape index (κ3) is 2.96. The van der Waals surface area contributed by atoms with Crippen LogP contribution < -0.4 is 0 Å². The molecule has 0 unspecified atom stereocenters. The lowest BCUT2D eigenvalue weighted by molar-refractivity contribution is 0.0698. The average molecular weight is 276 g/mol. The summed E-state index contributed by atoms with van der Waals surface area (Å²) in [6.45, 7) is 5.75. The molecule has 0 fully saturated rings. The molecule has 108 valence electrons. The van der Waals surface area contributed by atoms with Crippen LogP contribution in [0, 0.1) is 5.41 Å². The highest BCUT2D eigenvalue weighted by Crippen LogP contribution is 2.23. The van der Waals surface area contributed by atoms with Crippen LogP contribution in [0.2, 0.25) is 0 Å². The van der Waals surface area contributed by atoms with E-state index in [0.717, 1.165) is 6.54 Å². The summed E-state index contributed by atoms with van der Waals surface area (Å²) in [6.07, 6.45) is 0. The van der Waals surface area contributed by atoms with Crippen molar-refractivity contribution in [2.24, 2.45) is 5.41 Å². The Labute approximate surface area is 118 Å². The SMILES string of the molecule is CN(C)CC(C)(C)Cn1nnc2cccc(C(=O)O)c21. The summed E-state index contributed by atoms with van der Waals surface area (Å²) < 4.78 is 1.70. The van der Waals surface area contributed by atoms with Gasteiger partial charge in [0.05, 0.1) is 5.56 Å². The maximum absolute atomic E-state index is 11.3. The van der Waals surface area contributed by atoms with Crippen molar-refractivity contribution >= 4 is 17.0 Å². The largest absolute Gasteiger partial charge is 0.478 e. The molecule has 0 spiro atoms. The number of aromatic nitrogens is 3. The predicted molar refractivity (Wildman–Crippen MR) is 76.8 cm³/mol. The minimum absolute atomic E-state index is 0.0320. The summed E-state index contributed by atoms with van der Waals surface area (Å²) in [5, 5.41) is 17.5. The Bertz CT molecular complexity index is 631. The molecule has 0 saturated heterocycles. The zero-order valence-electron chi connectivity index (χ0n) is 12.3. The standard InChI is InChI=1S/C14H20N4O2/c1-14(2,8-17(3)4)9-18-12-10(13(19)20)6-5-7-11(12)15-16-18/h5-7H,8-9H2,1-4H3,(H,19,20). The lowest BCUT2D eigenvalue weighted by Crippen LogP contribution is -2.32. The molecule has 0 aliphatic heterocycles. The first-order valence-electron chi connectivity index (χ1n) is 6.50. The molecule has 1 heterocycles. The molecule has 1 aromatic heterocycles. The number of rotatable bonds is 5. The molecule has 0 radical (unpaired) electrons. The van der Waals surface area contributed by atoms with Crippen LogP contribution in [0.4, 0.5) is 0 Å². The number of benzene rings is 1. The molecule has 0 aliphatic carbocycles. The van der Waals surface area contributed by atoms with E-state index < -0.39 is 5.97 Å². The van der Waals surface area contributed by atoms with Crippen LogP contribution in [0.25, 0.3) is 11.0 Å². The van der Waals surface area contributed by atoms with E-state index in [9.17, 15) is 9.90 Å². The van der Waals surface area contributed by atoms with E-state index in [-0.39, 0.29) is 11.0 Å². The Kier molecular flexibility index (Phi) is 3.76. The van der Waals surface area contributed by atoms with Gasteiger partial charge >= 0.3 is 5.97 Å². The molecular formula is C14H20N4O2. The Hall–Kier alpha value is -1.95.